The zero-order valence-corrected chi connectivity index (χ0v) is 79.7. The zero-order chi connectivity index (χ0) is 96.5. The number of hydrogen-bond donors (Lipinski definition) is 6. The highest BCUT2D eigenvalue weighted by molar-refractivity contribution is 6.99. The van der Waals surface area contributed by atoms with E-state index in [1.165, 1.54) is 13.8 Å². The van der Waals surface area contributed by atoms with Gasteiger partial charge in [0.05, 0.1) is 44.1 Å². The second kappa shape index (κ2) is 45.0. The lowest BCUT2D eigenvalue weighted by molar-refractivity contribution is -0.358. The van der Waals surface area contributed by atoms with Gasteiger partial charge in [-0.25, -0.2) is 24.0 Å². The molecule has 32 heteroatoms. The summed E-state index contributed by atoms with van der Waals surface area (Å²) in [7, 11) is -8.05. The first-order valence-corrected chi connectivity index (χ1v) is 50.4. The van der Waals surface area contributed by atoms with Crippen molar-refractivity contribution in [2.75, 3.05) is 19.8 Å². The minimum Gasteiger partial charge on any atom is -0.460 e. The molecule has 0 radical (unpaired) electrons. The highest BCUT2D eigenvalue weighted by Crippen LogP contribution is 2.51. The van der Waals surface area contributed by atoms with Crippen LogP contribution in [0.4, 0.5) is 24.0 Å². The van der Waals surface area contributed by atoms with Crippen LogP contribution < -0.4 is 42.0 Å². The Bertz CT molecular complexity index is 5570. The smallest absolute Gasteiger partial charge is 0.412 e. The lowest BCUT2D eigenvalue weighted by Crippen LogP contribution is -2.70. The fourth-order valence-corrected chi connectivity index (χ4v) is 27.9. The molecule has 0 spiro atoms. The van der Waals surface area contributed by atoms with Crippen molar-refractivity contribution in [2.45, 2.75) is 221 Å². The summed E-state index contributed by atoms with van der Waals surface area (Å²) in [6.07, 6.45) is -27.7. The molecule has 5 aliphatic heterocycles. The van der Waals surface area contributed by atoms with E-state index in [9.17, 15) is 29.1 Å². The maximum Gasteiger partial charge on any atom is 0.412 e. The van der Waals surface area contributed by atoms with E-state index >= 15 is 14.4 Å². The van der Waals surface area contributed by atoms with Crippen LogP contribution >= 0.6 is 0 Å². The molecule has 10 aromatic carbocycles. The Morgan fingerprint density at radius 2 is 0.920 bits per heavy atom. The van der Waals surface area contributed by atoms with Gasteiger partial charge in [0.1, 0.15) is 75.1 Å². The molecule has 1 aliphatic carbocycles. The maximum absolute atomic E-state index is 15.1. The molecule has 138 heavy (non-hydrogen) atoms. The summed E-state index contributed by atoms with van der Waals surface area (Å²) in [5, 5.41) is 25.5. The minimum atomic E-state index is -4.30. The van der Waals surface area contributed by atoms with Crippen molar-refractivity contribution < 1.29 is 119 Å². The average Bonchev–Trinajstić information content (AvgIpc) is 1.59. The van der Waals surface area contributed by atoms with Gasteiger partial charge in [0.15, 0.2) is 43.6 Å². The fourth-order valence-electron chi connectivity index (χ4n) is 19.6. The second-order valence-electron chi connectivity index (χ2n) is 36.9. The normalized spacial score (nSPS) is 25.4. The van der Waals surface area contributed by atoms with Gasteiger partial charge < -0.3 is 107 Å². The van der Waals surface area contributed by atoms with E-state index in [2.05, 4.69) is 42.0 Å². The SMILES string of the molecule is CC(=O)O[C@H]1[C@@H](NC(=O)OCc2ccccc2)[C@@H](O[C@H]2[C@H](O[C@@H]3O[C@H](CO[Si](c4ccccc4)(c4ccccc4)C(C)(C)C)[C@@H](O[C@H]4O[C@@H](CN(C(=O)OCc5ccccc5)C(O)c5ccccc5)C[C@H](OC(C)=O)[C@H]4NC(=O)OCc4ccccc4)[C@H]3CC(C)(C)[Si](O)(c3ccccc3)c3ccccc3)[C@H]3OC(=O)N[C@@H]3C[C@@H]2NC(=O)OCc2ccccc2)O[C@@H]2COC(c3ccccc3)O[C@@H]12. The highest BCUT2D eigenvalue weighted by Gasteiger charge is 2.63. The standard InChI is InChI=1S/C106H117N5O25Si2/c1-68(112)127-84-58-76(61-111(95(114)74-46-26-12-27-47-74)104(119)125-65-73-44-24-11-25-45-73)129-98(87(84)109-101(116)123-63-71-40-20-9-21-41-71)132-89-81(60-106(6,7)137(120,77-50-30-14-31-51-77)78-52-32-15-33-53-78)97(130-86(89)67-126-138(105(3,4)5,79-54-34-16-35-55-79)80-56-36-17-37-57-80)135-94-90(82(59-83-91(94)136-103(118)108-83)107-100(115)122-62-70-38-18-8-19-39-70)133-99-88(110-102(117)124-64-72-42-22-10-23-43-72)93(128-69(2)113)92-85(131-99)66-121-96(134-92)75-48-28-13-29-49-75/h8-57,76,81-99,114,120H,58-67H2,1-7H3,(H,107,115)(H,108,118)(H,109,116)(H,110,117)/t76-,81-,82+,83-,84+,85-,86-,87-,88-,89+,90-,91+,92-,93+,94+,95?,96?,97+,98-,99-/m1/s1. The van der Waals surface area contributed by atoms with E-state index in [4.69, 9.17) is 75.5 Å². The van der Waals surface area contributed by atoms with Crippen molar-refractivity contribution in [1.29, 1.82) is 0 Å². The zero-order valence-electron chi connectivity index (χ0n) is 77.7. The number of carbonyl (C=O) groups excluding carboxylic acids is 7. The van der Waals surface area contributed by atoms with Crippen LogP contribution in [-0.4, -0.2) is 198 Å². The van der Waals surface area contributed by atoms with Gasteiger partial charge in [-0.3, -0.25) is 14.5 Å². The van der Waals surface area contributed by atoms with Gasteiger partial charge in [0.2, 0.25) is 0 Å². The molecule has 0 aromatic heterocycles. The molecule has 5 amide bonds. The number of ether oxygens (including phenoxy) is 15. The van der Waals surface area contributed by atoms with Gasteiger partial charge in [-0.15, -0.1) is 0 Å². The molecule has 5 saturated heterocycles. The number of aliphatic hydroxyl groups excluding tert-OH is 1. The molecule has 0 bridgehead atoms. The number of fused-ring (bicyclic) bond motifs is 2. The summed E-state index contributed by atoms with van der Waals surface area (Å²) in [6, 6.07) is 86.3. The van der Waals surface area contributed by atoms with Gasteiger partial charge in [-0.2, -0.15) is 0 Å². The van der Waals surface area contributed by atoms with Crippen LogP contribution in [0.25, 0.3) is 0 Å². The largest absolute Gasteiger partial charge is 0.460 e. The molecule has 724 valence electrons. The summed E-state index contributed by atoms with van der Waals surface area (Å²) >= 11 is 0. The molecule has 10 aromatic rings. The minimum absolute atomic E-state index is 0.145. The maximum atomic E-state index is 15.1. The Hall–Kier alpha value is -12.5. The van der Waals surface area contributed by atoms with Crippen LogP contribution in [0.1, 0.15) is 114 Å². The number of rotatable bonds is 34. The van der Waals surface area contributed by atoms with Crippen molar-refractivity contribution >= 4 is 79.8 Å². The number of carbonyl (C=O) groups is 7. The number of aliphatic hydroxyl groups is 1. The molecule has 6 aliphatic rings. The van der Waals surface area contributed by atoms with Gasteiger partial charge in [-0.05, 0) is 65.9 Å². The Balaban J connectivity index is 0.879. The molecule has 6 fully saturated rings. The monoisotopic (exact) mass is 1920 g/mol. The molecule has 16 rings (SSSR count). The Kier molecular flexibility index (Phi) is 32.1. The number of benzene rings is 10. The topological polar surface area (TPSA) is 359 Å². The van der Waals surface area contributed by atoms with Crippen molar-refractivity contribution in [3.05, 3.63) is 337 Å². The third-order valence-corrected chi connectivity index (χ3v) is 35.6. The van der Waals surface area contributed by atoms with Gasteiger partial charge in [-0.1, -0.05) is 338 Å². The average molecular weight is 1920 g/mol. The summed E-state index contributed by atoms with van der Waals surface area (Å²) in [6.45, 7) is 10.7. The van der Waals surface area contributed by atoms with Crippen molar-refractivity contribution in [3.63, 3.8) is 0 Å². The summed E-state index contributed by atoms with van der Waals surface area (Å²) in [5.41, 5.74) is 3.44. The molecular weight excluding hydrogens is 1800 g/mol. The number of nitrogens with zero attached hydrogens (tertiary/aromatic N) is 1. The number of esters is 2. The lowest BCUT2D eigenvalue weighted by Gasteiger charge is -2.51. The number of alkyl carbamates (subject to hydrolysis) is 4. The van der Waals surface area contributed by atoms with Crippen LogP contribution in [0.2, 0.25) is 10.1 Å². The van der Waals surface area contributed by atoms with Crippen molar-refractivity contribution in [2.24, 2.45) is 5.92 Å². The predicted octanol–water partition coefficient (Wildman–Crippen LogP) is 12.9. The number of nitrogens with one attached hydrogen (secondary N) is 4. The first kappa shape index (κ1) is 98.5. The lowest BCUT2D eigenvalue weighted by atomic mass is 9.83. The van der Waals surface area contributed by atoms with Gasteiger partial charge in [0, 0.05) is 37.3 Å². The first-order valence-electron chi connectivity index (χ1n) is 46.5. The predicted molar refractivity (Wildman–Crippen MR) is 509 cm³/mol. The quantitative estimate of drug-likeness (QED) is 0.00944. The Labute approximate surface area is 803 Å². The third kappa shape index (κ3) is 23.4. The van der Waals surface area contributed by atoms with E-state index in [-0.39, 0.29) is 58.9 Å². The Morgan fingerprint density at radius 3 is 1.42 bits per heavy atom. The van der Waals surface area contributed by atoms with Crippen LogP contribution in [-0.2, 0) is 111 Å². The number of hydrogen-bond acceptors (Lipinski definition) is 25. The molecule has 2 unspecified atom stereocenters. The van der Waals surface area contributed by atoms with Gasteiger partial charge in [0.25, 0.3) is 16.6 Å². The van der Waals surface area contributed by atoms with Crippen LogP contribution in [0.3, 0.4) is 0 Å². The van der Waals surface area contributed by atoms with Crippen molar-refractivity contribution in [1.82, 2.24) is 26.2 Å². The fraction of sp³-hybridized carbons (Fsp3) is 0.368. The van der Waals surface area contributed by atoms with E-state index < -0.39 is 198 Å². The van der Waals surface area contributed by atoms with Crippen LogP contribution in [0.5, 0.6) is 0 Å². The second-order valence-corrected chi connectivity index (χ2v) is 45.2. The Morgan fingerprint density at radius 1 is 0.478 bits per heavy atom. The first-order chi connectivity index (χ1) is 66.7. The van der Waals surface area contributed by atoms with E-state index in [0.717, 1.165) is 15.3 Å². The highest BCUT2D eigenvalue weighted by atomic mass is 28.4. The van der Waals surface area contributed by atoms with Gasteiger partial charge >= 0.3 is 42.4 Å². The summed E-state index contributed by atoms with van der Waals surface area (Å²) < 4.78 is 111. The summed E-state index contributed by atoms with van der Waals surface area (Å²) in [4.78, 5) is 119. The number of amides is 5. The van der Waals surface area contributed by atoms with E-state index in [1.54, 1.807) is 140 Å². The molecule has 20 atom stereocenters. The van der Waals surface area contributed by atoms with E-state index in [0.29, 0.717) is 43.8 Å². The molecular formula is C106H117N5O25Si2. The van der Waals surface area contributed by atoms with Crippen LogP contribution in [0.15, 0.2) is 303 Å². The van der Waals surface area contributed by atoms with E-state index in [1.807, 2.05) is 178 Å². The molecule has 1 saturated carbocycles. The van der Waals surface area contributed by atoms with Crippen molar-refractivity contribution in [3.8, 4) is 0 Å². The molecule has 6 N–H and O–H groups in total. The molecule has 30 nitrogen and oxygen atoms in total. The third-order valence-electron chi connectivity index (χ3n) is 26.1. The van der Waals surface area contributed by atoms with Crippen LogP contribution in [0, 0.1) is 5.92 Å². The summed E-state index contributed by atoms with van der Waals surface area (Å²) in [5.74, 6) is -2.88. The molecule has 5 heterocycles.